The van der Waals surface area contributed by atoms with Crippen molar-refractivity contribution in [1.82, 2.24) is 0 Å². The molecule has 0 aliphatic carbocycles. The standard InChI is InChI=1S/C6H10O4/c1-5(8)4-6(9)10-3-2-7/h2,5,8H,3-4H2,1H3. The molecule has 0 amide bonds. The topological polar surface area (TPSA) is 63.6 Å². The van der Waals surface area contributed by atoms with Crippen molar-refractivity contribution >= 4 is 12.3 Å². The van der Waals surface area contributed by atoms with Gasteiger partial charge in [0, 0.05) is 0 Å². The van der Waals surface area contributed by atoms with Gasteiger partial charge in [0.15, 0.2) is 6.29 Å². The summed E-state index contributed by atoms with van der Waals surface area (Å²) >= 11 is 0. The van der Waals surface area contributed by atoms with Gasteiger partial charge in [-0.2, -0.15) is 0 Å². The Kier molecular flexibility index (Phi) is 4.49. The summed E-state index contributed by atoms with van der Waals surface area (Å²) in [5.41, 5.74) is 0. The molecule has 0 aliphatic rings. The molecule has 1 N–H and O–H groups in total. The lowest BCUT2D eigenvalue weighted by Gasteiger charge is -2.01. The molecule has 0 fully saturated rings. The van der Waals surface area contributed by atoms with Crippen molar-refractivity contribution in [1.29, 1.82) is 0 Å². The zero-order chi connectivity index (χ0) is 7.98. The third-order valence-electron chi connectivity index (χ3n) is 0.774. The van der Waals surface area contributed by atoms with Crippen LogP contribution < -0.4 is 0 Å². The Labute approximate surface area is 58.8 Å². The number of aldehydes is 1. The number of esters is 1. The summed E-state index contributed by atoms with van der Waals surface area (Å²) in [5.74, 6) is -0.554. The Morgan fingerprint density at radius 3 is 2.80 bits per heavy atom. The minimum Gasteiger partial charge on any atom is -0.458 e. The van der Waals surface area contributed by atoms with Crippen LogP contribution in [0.15, 0.2) is 0 Å². The van der Waals surface area contributed by atoms with Crippen LogP contribution in [0.1, 0.15) is 13.3 Å². The fourth-order valence-electron chi connectivity index (χ4n) is 0.427. The summed E-state index contributed by atoms with van der Waals surface area (Å²) in [5, 5.41) is 8.63. The summed E-state index contributed by atoms with van der Waals surface area (Å²) in [6.07, 6.45) is -0.285. The van der Waals surface area contributed by atoms with Crippen LogP contribution in [0.4, 0.5) is 0 Å². The number of hydrogen-bond acceptors (Lipinski definition) is 4. The minimum absolute atomic E-state index is 0.0617. The maximum Gasteiger partial charge on any atom is 0.308 e. The van der Waals surface area contributed by atoms with Crippen LogP contribution in [0.3, 0.4) is 0 Å². The Morgan fingerprint density at radius 2 is 2.40 bits per heavy atom. The third-order valence-corrected chi connectivity index (χ3v) is 0.774. The molecule has 4 heteroatoms. The molecule has 0 spiro atoms. The number of aliphatic hydroxyl groups is 1. The lowest BCUT2D eigenvalue weighted by Crippen LogP contribution is -2.13. The number of carbonyl (C=O) groups is 2. The summed E-state index contributed by atoms with van der Waals surface area (Å²) in [6, 6.07) is 0. The Morgan fingerprint density at radius 1 is 1.80 bits per heavy atom. The van der Waals surface area contributed by atoms with Gasteiger partial charge in [0.25, 0.3) is 0 Å². The van der Waals surface area contributed by atoms with Crippen LogP contribution >= 0.6 is 0 Å². The molecule has 0 heterocycles. The van der Waals surface area contributed by atoms with Crippen molar-refractivity contribution in [2.24, 2.45) is 0 Å². The van der Waals surface area contributed by atoms with E-state index in [0.29, 0.717) is 6.29 Å². The highest BCUT2D eigenvalue weighted by Crippen LogP contribution is 1.91. The molecule has 0 aliphatic heterocycles. The second kappa shape index (κ2) is 4.93. The average molecular weight is 146 g/mol. The molecule has 4 nitrogen and oxygen atoms in total. The second-order valence-electron chi connectivity index (χ2n) is 1.90. The smallest absolute Gasteiger partial charge is 0.308 e. The van der Waals surface area contributed by atoms with Gasteiger partial charge in [0.05, 0.1) is 12.5 Å². The van der Waals surface area contributed by atoms with E-state index in [1.165, 1.54) is 6.92 Å². The van der Waals surface area contributed by atoms with Gasteiger partial charge in [0.2, 0.25) is 0 Å². The maximum atomic E-state index is 10.5. The number of ether oxygens (including phenoxy) is 1. The molecule has 0 aromatic heterocycles. The van der Waals surface area contributed by atoms with E-state index in [1.54, 1.807) is 0 Å². The van der Waals surface area contributed by atoms with Crippen molar-refractivity contribution in [3.63, 3.8) is 0 Å². The molecule has 0 saturated carbocycles. The van der Waals surface area contributed by atoms with Crippen LogP contribution in [0.25, 0.3) is 0 Å². The van der Waals surface area contributed by atoms with Crippen LogP contribution in [0, 0.1) is 0 Å². The lowest BCUT2D eigenvalue weighted by atomic mass is 10.3. The van der Waals surface area contributed by atoms with E-state index >= 15 is 0 Å². The van der Waals surface area contributed by atoms with E-state index in [4.69, 9.17) is 5.11 Å². The van der Waals surface area contributed by atoms with E-state index in [2.05, 4.69) is 4.74 Å². The number of rotatable bonds is 4. The van der Waals surface area contributed by atoms with Crippen LogP contribution in [0.5, 0.6) is 0 Å². The molecule has 0 saturated heterocycles. The lowest BCUT2D eigenvalue weighted by molar-refractivity contribution is -0.147. The van der Waals surface area contributed by atoms with Gasteiger partial charge in [-0.25, -0.2) is 0 Å². The monoisotopic (exact) mass is 146 g/mol. The first-order chi connectivity index (χ1) is 4.66. The van der Waals surface area contributed by atoms with Crippen molar-refractivity contribution in [2.75, 3.05) is 6.61 Å². The fourth-order valence-corrected chi connectivity index (χ4v) is 0.427. The second-order valence-corrected chi connectivity index (χ2v) is 1.90. The molecular formula is C6H10O4. The van der Waals surface area contributed by atoms with Crippen molar-refractivity contribution < 1.29 is 19.4 Å². The van der Waals surface area contributed by atoms with Crippen LogP contribution in [-0.4, -0.2) is 30.1 Å². The highest BCUT2D eigenvalue weighted by atomic mass is 16.5. The molecule has 10 heavy (non-hydrogen) atoms. The molecule has 1 atom stereocenters. The number of aliphatic hydroxyl groups excluding tert-OH is 1. The SMILES string of the molecule is CC(O)CC(=O)OCC=O. The van der Waals surface area contributed by atoms with E-state index in [9.17, 15) is 9.59 Å². The molecule has 1 unspecified atom stereocenters. The molecule has 0 rings (SSSR count). The normalized spacial score (nSPS) is 12.2. The molecule has 0 aromatic carbocycles. The van der Waals surface area contributed by atoms with Gasteiger partial charge in [-0.15, -0.1) is 0 Å². The Hall–Kier alpha value is -0.900. The molecular weight excluding hydrogens is 136 g/mol. The summed E-state index contributed by atoms with van der Waals surface area (Å²) < 4.78 is 4.34. The summed E-state index contributed by atoms with van der Waals surface area (Å²) in [6.45, 7) is 1.24. The predicted molar refractivity (Wildman–Crippen MR) is 33.3 cm³/mol. The number of hydrogen-bond donors (Lipinski definition) is 1. The first-order valence-electron chi connectivity index (χ1n) is 2.94. The fraction of sp³-hybridized carbons (Fsp3) is 0.667. The Bertz CT molecular complexity index is 119. The summed E-state index contributed by atoms with van der Waals surface area (Å²) in [4.78, 5) is 20.1. The molecule has 0 aromatic rings. The summed E-state index contributed by atoms with van der Waals surface area (Å²) in [7, 11) is 0. The third kappa shape index (κ3) is 5.24. The zero-order valence-electron chi connectivity index (χ0n) is 5.74. The van der Waals surface area contributed by atoms with E-state index in [1.807, 2.05) is 0 Å². The molecule has 0 bridgehead atoms. The van der Waals surface area contributed by atoms with Gasteiger partial charge >= 0.3 is 5.97 Å². The van der Waals surface area contributed by atoms with E-state index < -0.39 is 12.1 Å². The van der Waals surface area contributed by atoms with E-state index in [-0.39, 0.29) is 13.0 Å². The van der Waals surface area contributed by atoms with Crippen LogP contribution in [0.2, 0.25) is 0 Å². The minimum atomic E-state index is -0.709. The number of carbonyl (C=O) groups excluding carboxylic acids is 2. The maximum absolute atomic E-state index is 10.5. The van der Waals surface area contributed by atoms with Crippen molar-refractivity contribution in [3.05, 3.63) is 0 Å². The predicted octanol–water partition coefficient (Wildman–Crippen LogP) is -0.501. The largest absolute Gasteiger partial charge is 0.458 e. The highest BCUT2D eigenvalue weighted by Gasteiger charge is 2.05. The molecule has 0 radical (unpaired) electrons. The van der Waals surface area contributed by atoms with Gasteiger partial charge in [0.1, 0.15) is 6.61 Å². The average Bonchev–Trinajstić information content (AvgIpc) is 1.82. The quantitative estimate of drug-likeness (QED) is 0.429. The van der Waals surface area contributed by atoms with E-state index in [0.717, 1.165) is 0 Å². The zero-order valence-corrected chi connectivity index (χ0v) is 5.74. The van der Waals surface area contributed by atoms with Crippen LogP contribution in [-0.2, 0) is 14.3 Å². The molecule has 58 valence electrons. The Balaban J connectivity index is 3.34. The van der Waals surface area contributed by atoms with Gasteiger partial charge in [-0.1, -0.05) is 0 Å². The first-order valence-corrected chi connectivity index (χ1v) is 2.94. The van der Waals surface area contributed by atoms with Crippen molar-refractivity contribution in [3.8, 4) is 0 Å². The van der Waals surface area contributed by atoms with Gasteiger partial charge in [-0.05, 0) is 6.92 Å². The van der Waals surface area contributed by atoms with Crippen molar-refractivity contribution in [2.45, 2.75) is 19.4 Å². The van der Waals surface area contributed by atoms with Gasteiger partial charge < -0.3 is 9.84 Å². The first kappa shape index (κ1) is 9.10. The highest BCUT2D eigenvalue weighted by molar-refractivity contribution is 5.71. The van der Waals surface area contributed by atoms with Gasteiger partial charge in [-0.3, -0.25) is 9.59 Å².